The van der Waals surface area contributed by atoms with E-state index in [4.69, 9.17) is 0 Å². The molecule has 1 aromatic heterocycles. The van der Waals surface area contributed by atoms with Gasteiger partial charge < -0.3 is 0 Å². The number of hydrogen-bond acceptors (Lipinski definition) is 3. The van der Waals surface area contributed by atoms with Crippen LogP contribution >= 0.6 is 11.3 Å². The lowest BCUT2D eigenvalue weighted by Crippen LogP contribution is -2.28. The number of aromatic nitrogens is 1. The highest BCUT2D eigenvalue weighted by Gasteiger charge is 2.39. The van der Waals surface area contributed by atoms with E-state index >= 15 is 0 Å². The molecule has 0 fully saturated rings. The van der Waals surface area contributed by atoms with Gasteiger partial charge in [0.2, 0.25) is 0 Å². The zero-order valence-electron chi connectivity index (χ0n) is 11.7. The minimum Gasteiger partial charge on any atom is -0.247 e. The predicted molar refractivity (Wildman–Crippen MR) is 85.2 cm³/mol. The van der Waals surface area contributed by atoms with Gasteiger partial charge in [-0.3, -0.25) is 0 Å². The molecule has 0 aliphatic carbocycles. The Morgan fingerprint density at radius 1 is 0.952 bits per heavy atom. The van der Waals surface area contributed by atoms with Crippen LogP contribution in [0.1, 0.15) is 21.7 Å². The van der Waals surface area contributed by atoms with Crippen LogP contribution < -0.4 is 0 Å². The van der Waals surface area contributed by atoms with E-state index in [0.29, 0.717) is 0 Å². The van der Waals surface area contributed by atoms with Gasteiger partial charge in [-0.25, -0.2) is 4.98 Å². The van der Waals surface area contributed by atoms with Crippen LogP contribution in [0.5, 0.6) is 0 Å². The molecule has 0 spiro atoms. The highest BCUT2D eigenvalue weighted by molar-refractivity contribution is 7.09. The second kappa shape index (κ2) is 5.51. The Hall–Kier alpha value is -2.44. The van der Waals surface area contributed by atoms with Gasteiger partial charge in [0, 0.05) is 4.88 Å². The number of aryl methyl sites for hydroxylation is 1. The molecule has 2 nitrogen and oxygen atoms in total. The van der Waals surface area contributed by atoms with E-state index in [0.717, 1.165) is 21.7 Å². The molecule has 0 saturated carbocycles. The third-order valence-electron chi connectivity index (χ3n) is 3.68. The molecule has 1 heterocycles. The van der Waals surface area contributed by atoms with Crippen LogP contribution in [0.3, 0.4) is 0 Å². The Labute approximate surface area is 128 Å². The van der Waals surface area contributed by atoms with Crippen molar-refractivity contribution < 1.29 is 0 Å². The van der Waals surface area contributed by atoms with E-state index in [1.54, 1.807) is 11.3 Å². The smallest absolute Gasteiger partial charge is 0.150 e. The van der Waals surface area contributed by atoms with Gasteiger partial charge in [0.15, 0.2) is 5.41 Å². The molecule has 102 valence electrons. The number of hydrogen-bond donors (Lipinski definition) is 0. The predicted octanol–water partition coefficient (Wildman–Crippen LogP) is 4.31. The largest absolute Gasteiger partial charge is 0.247 e. The summed E-state index contributed by atoms with van der Waals surface area (Å²) < 4.78 is 0. The second-order valence-electron chi connectivity index (χ2n) is 4.85. The molecule has 0 unspecified atom stereocenters. The quantitative estimate of drug-likeness (QED) is 0.720. The zero-order chi connectivity index (χ0) is 14.7. The summed E-state index contributed by atoms with van der Waals surface area (Å²) in [6.45, 7) is 2.02. The van der Waals surface area contributed by atoms with Gasteiger partial charge in [0.1, 0.15) is 0 Å². The Balaban J connectivity index is 2.35. The molecule has 3 rings (SSSR count). The van der Waals surface area contributed by atoms with Gasteiger partial charge in [0.05, 0.1) is 17.3 Å². The second-order valence-corrected chi connectivity index (χ2v) is 5.91. The fourth-order valence-corrected chi connectivity index (χ4v) is 3.30. The van der Waals surface area contributed by atoms with E-state index in [1.807, 2.05) is 73.1 Å². The first kappa shape index (κ1) is 13.5. The molecule has 0 bridgehead atoms. The van der Waals surface area contributed by atoms with Crippen molar-refractivity contribution in [3.63, 3.8) is 0 Å². The molecule has 0 saturated heterocycles. The fraction of sp³-hybridized carbons (Fsp3) is 0.111. The van der Waals surface area contributed by atoms with Gasteiger partial charge in [-0.05, 0) is 18.1 Å². The normalized spacial score (nSPS) is 11.0. The third kappa shape index (κ3) is 2.14. The maximum Gasteiger partial charge on any atom is 0.150 e. The summed E-state index contributed by atoms with van der Waals surface area (Å²) in [6.07, 6.45) is 0. The summed E-state index contributed by atoms with van der Waals surface area (Å²) in [6, 6.07) is 22.3. The van der Waals surface area contributed by atoms with Gasteiger partial charge in [-0.15, -0.1) is 11.3 Å². The minimum absolute atomic E-state index is 0.826. The number of nitriles is 1. The van der Waals surface area contributed by atoms with Crippen molar-refractivity contribution in [2.24, 2.45) is 0 Å². The number of thiazole rings is 1. The average molecular weight is 290 g/mol. The maximum atomic E-state index is 10.1. The molecular formula is C18H14N2S. The number of nitrogens with zero attached hydrogens (tertiary/aromatic N) is 2. The fourth-order valence-electron chi connectivity index (χ4n) is 2.66. The van der Waals surface area contributed by atoms with Crippen molar-refractivity contribution >= 4 is 11.3 Å². The first-order valence-corrected chi connectivity index (χ1v) is 7.60. The number of benzene rings is 2. The SMILES string of the molecule is Cc1scnc1C(C#N)(c1ccccc1)c1ccccc1. The van der Waals surface area contributed by atoms with Crippen LogP contribution in [0.25, 0.3) is 0 Å². The first-order chi connectivity index (χ1) is 10.3. The topological polar surface area (TPSA) is 36.7 Å². The summed E-state index contributed by atoms with van der Waals surface area (Å²) in [5.41, 5.74) is 3.68. The van der Waals surface area contributed by atoms with Crippen LogP contribution in [0.4, 0.5) is 0 Å². The zero-order valence-corrected chi connectivity index (χ0v) is 12.5. The lowest BCUT2D eigenvalue weighted by atomic mass is 9.73. The lowest BCUT2D eigenvalue weighted by Gasteiger charge is -2.27. The van der Waals surface area contributed by atoms with Crippen LogP contribution in [0.15, 0.2) is 66.2 Å². The Morgan fingerprint density at radius 3 is 1.86 bits per heavy atom. The Bertz CT molecular complexity index is 730. The van der Waals surface area contributed by atoms with E-state index in [9.17, 15) is 5.26 Å². The molecule has 0 radical (unpaired) electrons. The van der Waals surface area contributed by atoms with Crippen molar-refractivity contribution in [1.29, 1.82) is 5.26 Å². The molecule has 0 atom stereocenters. The molecule has 0 amide bonds. The highest BCUT2D eigenvalue weighted by Crippen LogP contribution is 2.40. The summed E-state index contributed by atoms with van der Waals surface area (Å²) >= 11 is 1.57. The molecule has 2 aromatic carbocycles. The Morgan fingerprint density at radius 2 is 1.48 bits per heavy atom. The maximum absolute atomic E-state index is 10.1. The molecule has 0 aliphatic rings. The van der Waals surface area contributed by atoms with Crippen molar-refractivity contribution in [2.45, 2.75) is 12.3 Å². The van der Waals surface area contributed by atoms with Crippen LogP contribution in [-0.2, 0) is 5.41 Å². The van der Waals surface area contributed by atoms with Gasteiger partial charge in [-0.1, -0.05) is 60.7 Å². The summed E-state index contributed by atoms with van der Waals surface area (Å²) in [7, 11) is 0. The molecule has 3 heteroatoms. The van der Waals surface area contributed by atoms with Crippen LogP contribution in [-0.4, -0.2) is 4.98 Å². The molecule has 21 heavy (non-hydrogen) atoms. The van der Waals surface area contributed by atoms with Crippen molar-refractivity contribution in [1.82, 2.24) is 4.98 Å². The van der Waals surface area contributed by atoms with Crippen LogP contribution in [0, 0.1) is 18.3 Å². The molecule has 0 N–H and O–H groups in total. The van der Waals surface area contributed by atoms with Gasteiger partial charge >= 0.3 is 0 Å². The lowest BCUT2D eigenvalue weighted by molar-refractivity contribution is 0.760. The minimum atomic E-state index is -0.855. The average Bonchev–Trinajstić information content (AvgIpc) is 2.98. The third-order valence-corrected chi connectivity index (χ3v) is 4.44. The number of rotatable bonds is 3. The monoisotopic (exact) mass is 290 g/mol. The molecule has 0 aliphatic heterocycles. The van der Waals surface area contributed by atoms with Crippen LogP contribution in [0.2, 0.25) is 0 Å². The first-order valence-electron chi connectivity index (χ1n) is 6.72. The van der Waals surface area contributed by atoms with E-state index in [-0.39, 0.29) is 0 Å². The standard InChI is InChI=1S/C18H14N2S/c1-14-17(20-13-21-14)18(12-19,15-8-4-2-5-9-15)16-10-6-3-7-11-16/h2-11,13H,1H3. The highest BCUT2D eigenvalue weighted by atomic mass is 32.1. The van der Waals surface area contributed by atoms with Gasteiger partial charge in [0.25, 0.3) is 0 Å². The molecule has 3 aromatic rings. The van der Waals surface area contributed by atoms with Crippen molar-refractivity contribution in [2.75, 3.05) is 0 Å². The Kier molecular flexibility index (Phi) is 3.55. The van der Waals surface area contributed by atoms with Crippen molar-refractivity contribution in [3.05, 3.63) is 87.9 Å². The molecular weight excluding hydrogens is 276 g/mol. The van der Waals surface area contributed by atoms with E-state index < -0.39 is 5.41 Å². The van der Waals surface area contributed by atoms with Crippen molar-refractivity contribution in [3.8, 4) is 6.07 Å². The summed E-state index contributed by atoms with van der Waals surface area (Å²) in [5, 5.41) is 10.1. The summed E-state index contributed by atoms with van der Waals surface area (Å²) in [5.74, 6) is 0. The van der Waals surface area contributed by atoms with Gasteiger partial charge in [-0.2, -0.15) is 5.26 Å². The summed E-state index contributed by atoms with van der Waals surface area (Å²) in [4.78, 5) is 5.58. The van der Waals surface area contributed by atoms with E-state index in [1.165, 1.54) is 0 Å². The van der Waals surface area contributed by atoms with E-state index in [2.05, 4.69) is 11.1 Å².